The Hall–Kier alpha value is -1.72. The highest BCUT2D eigenvalue weighted by Gasteiger charge is 2.72. The SMILES string of the molecule is O=C1C[C@]2(C[C@@H]3C[C@H]2[C@H]2C(=O)OC(=O)[C@@H]32)C(=O)O1. The van der Waals surface area contributed by atoms with Crippen LogP contribution in [0.25, 0.3) is 0 Å². The summed E-state index contributed by atoms with van der Waals surface area (Å²) in [5.74, 6) is -3.31. The molecule has 4 fully saturated rings. The summed E-state index contributed by atoms with van der Waals surface area (Å²) in [5, 5.41) is 0. The zero-order valence-corrected chi connectivity index (χ0v) is 9.38. The van der Waals surface area contributed by atoms with Crippen LogP contribution in [0.3, 0.4) is 0 Å². The van der Waals surface area contributed by atoms with Crippen LogP contribution in [0.15, 0.2) is 0 Å². The van der Waals surface area contributed by atoms with Crippen LogP contribution in [0, 0.1) is 29.1 Å². The maximum atomic E-state index is 11.9. The first kappa shape index (κ1) is 10.2. The number of hydrogen-bond donors (Lipinski definition) is 0. The first-order chi connectivity index (χ1) is 8.53. The quantitative estimate of drug-likeness (QED) is 0.437. The van der Waals surface area contributed by atoms with E-state index in [0.717, 1.165) is 0 Å². The lowest BCUT2D eigenvalue weighted by Gasteiger charge is -2.32. The lowest BCUT2D eigenvalue weighted by molar-refractivity contribution is -0.157. The molecule has 4 rings (SSSR count). The summed E-state index contributed by atoms with van der Waals surface area (Å²) in [5.41, 5.74) is -0.868. The van der Waals surface area contributed by atoms with E-state index in [1.54, 1.807) is 0 Å². The Bertz CT molecular complexity index is 523. The number of hydrogen-bond acceptors (Lipinski definition) is 6. The van der Waals surface area contributed by atoms with Gasteiger partial charge in [0.15, 0.2) is 0 Å². The molecule has 2 heterocycles. The van der Waals surface area contributed by atoms with Crippen LogP contribution < -0.4 is 0 Å². The van der Waals surface area contributed by atoms with Crippen LogP contribution in [0.1, 0.15) is 19.3 Å². The van der Waals surface area contributed by atoms with Crippen LogP contribution in [0.2, 0.25) is 0 Å². The highest BCUT2D eigenvalue weighted by atomic mass is 16.6. The number of rotatable bonds is 0. The molecule has 0 aromatic heterocycles. The number of cyclic esters (lactones) is 4. The normalized spacial score (nSPS) is 48.9. The van der Waals surface area contributed by atoms with Gasteiger partial charge in [0.05, 0.1) is 23.7 Å². The van der Waals surface area contributed by atoms with Crippen molar-refractivity contribution in [1.29, 1.82) is 0 Å². The van der Waals surface area contributed by atoms with Crippen molar-refractivity contribution in [3.8, 4) is 0 Å². The van der Waals surface area contributed by atoms with Crippen LogP contribution >= 0.6 is 0 Å². The van der Waals surface area contributed by atoms with Gasteiger partial charge in [-0.15, -0.1) is 0 Å². The minimum atomic E-state index is -0.868. The third-order valence-electron chi connectivity index (χ3n) is 5.04. The zero-order chi connectivity index (χ0) is 12.7. The monoisotopic (exact) mass is 250 g/mol. The third-order valence-corrected chi connectivity index (χ3v) is 5.04. The molecule has 0 aromatic rings. The number of fused-ring (bicyclic) bond motifs is 6. The Morgan fingerprint density at radius 2 is 1.72 bits per heavy atom. The Balaban J connectivity index is 1.78. The van der Waals surface area contributed by atoms with Crippen LogP contribution in [0.5, 0.6) is 0 Å². The third kappa shape index (κ3) is 0.921. The standard InChI is InChI=1S/C12H10O6/c13-6-3-12(11(16)17-6)2-4-1-5(12)8-7(4)9(14)18-10(8)15/h4-5,7-8H,1-3H2/t4-,5-,7-,8+,12-/m0/s1. The molecule has 94 valence electrons. The molecule has 2 saturated carbocycles. The van der Waals surface area contributed by atoms with E-state index >= 15 is 0 Å². The smallest absolute Gasteiger partial charge is 0.320 e. The minimum absolute atomic E-state index is 0.0302. The van der Waals surface area contributed by atoms with Gasteiger partial charge < -0.3 is 9.47 Å². The van der Waals surface area contributed by atoms with E-state index in [-0.39, 0.29) is 18.3 Å². The van der Waals surface area contributed by atoms with Crippen molar-refractivity contribution in [3.63, 3.8) is 0 Å². The maximum absolute atomic E-state index is 11.9. The van der Waals surface area contributed by atoms with Gasteiger partial charge in [0.1, 0.15) is 0 Å². The molecule has 4 aliphatic rings. The van der Waals surface area contributed by atoms with E-state index < -0.39 is 41.1 Å². The molecule has 2 aliphatic carbocycles. The molecule has 2 aliphatic heterocycles. The van der Waals surface area contributed by atoms with E-state index in [1.165, 1.54) is 0 Å². The Morgan fingerprint density at radius 3 is 2.39 bits per heavy atom. The Kier molecular flexibility index (Phi) is 1.60. The van der Waals surface area contributed by atoms with Gasteiger partial charge in [-0.3, -0.25) is 19.2 Å². The molecule has 0 radical (unpaired) electrons. The van der Waals surface area contributed by atoms with E-state index in [2.05, 4.69) is 9.47 Å². The van der Waals surface area contributed by atoms with Crippen LogP contribution in [-0.2, 0) is 28.7 Å². The lowest BCUT2D eigenvalue weighted by Crippen LogP contribution is -2.41. The van der Waals surface area contributed by atoms with Gasteiger partial charge in [-0.1, -0.05) is 0 Å². The van der Waals surface area contributed by atoms with E-state index in [0.29, 0.717) is 12.8 Å². The maximum Gasteiger partial charge on any atom is 0.320 e. The summed E-state index contributed by atoms with van der Waals surface area (Å²) < 4.78 is 9.31. The van der Waals surface area contributed by atoms with Crippen molar-refractivity contribution < 1.29 is 28.7 Å². The van der Waals surface area contributed by atoms with Crippen molar-refractivity contribution in [1.82, 2.24) is 0 Å². The molecule has 18 heavy (non-hydrogen) atoms. The Labute approximate surface area is 102 Å². The second-order valence-corrected chi connectivity index (χ2v) is 5.69. The van der Waals surface area contributed by atoms with Gasteiger partial charge in [-0.2, -0.15) is 0 Å². The molecule has 6 nitrogen and oxygen atoms in total. The molecule has 0 unspecified atom stereocenters. The fourth-order valence-corrected chi connectivity index (χ4v) is 4.46. The summed E-state index contributed by atoms with van der Waals surface area (Å²) in [7, 11) is 0. The van der Waals surface area contributed by atoms with E-state index in [1.807, 2.05) is 0 Å². The molecule has 2 saturated heterocycles. The number of carbonyl (C=O) groups excluding carboxylic acids is 4. The fraction of sp³-hybridized carbons (Fsp3) is 0.667. The van der Waals surface area contributed by atoms with Crippen molar-refractivity contribution >= 4 is 23.9 Å². The number of carbonyl (C=O) groups is 4. The van der Waals surface area contributed by atoms with Gasteiger partial charge in [0.2, 0.25) is 0 Å². The minimum Gasteiger partial charge on any atom is -0.393 e. The topological polar surface area (TPSA) is 86.7 Å². The molecular weight excluding hydrogens is 240 g/mol. The van der Waals surface area contributed by atoms with Crippen molar-refractivity contribution in [2.24, 2.45) is 29.1 Å². The summed E-state index contributed by atoms with van der Waals surface area (Å²) in [6.07, 6.45) is 1.14. The molecule has 0 N–H and O–H groups in total. The number of ether oxygens (including phenoxy) is 2. The summed E-state index contributed by atoms with van der Waals surface area (Å²) in [4.78, 5) is 46.5. The second-order valence-electron chi connectivity index (χ2n) is 5.69. The average molecular weight is 250 g/mol. The summed E-state index contributed by atoms with van der Waals surface area (Å²) in [6, 6.07) is 0. The summed E-state index contributed by atoms with van der Waals surface area (Å²) in [6.45, 7) is 0. The molecule has 2 bridgehead atoms. The second kappa shape index (κ2) is 2.81. The predicted molar refractivity (Wildman–Crippen MR) is 52.4 cm³/mol. The fourth-order valence-electron chi connectivity index (χ4n) is 4.46. The average Bonchev–Trinajstić information content (AvgIpc) is 2.95. The first-order valence-corrected chi connectivity index (χ1v) is 6.03. The molecule has 1 spiro atoms. The largest absolute Gasteiger partial charge is 0.393 e. The zero-order valence-electron chi connectivity index (χ0n) is 9.38. The van der Waals surface area contributed by atoms with Crippen molar-refractivity contribution in [2.45, 2.75) is 19.3 Å². The van der Waals surface area contributed by atoms with Gasteiger partial charge >= 0.3 is 23.9 Å². The molecule has 0 aromatic carbocycles. The van der Waals surface area contributed by atoms with Crippen LogP contribution in [-0.4, -0.2) is 23.9 Å². The van der Waals surface area contributed by atoms with Gasteiger partial charge in [-0.05, 0) is 24.7 Å². The lowest BCUT2D eigenvalue weighted by atomic mass is 9.64. The van der Waals surface area contributed by atoms with Crippen LogP contribution in [0.4, 0.5) is 0 Å². The van der Waals surface area contributed by atoms with Gasteiger partial charge in [0.25, 0.3) is 0 Å². The van der Waals surface area contributed by atoms with Gasteiger partial charge in [0, 0.05) is 0 Å². The molecule has 6 heteroatoms. The van der Waals surface area contributed by atoms with E-state index in [9.17, 15) is 19.2 Å². The van der Waals surface area contributed by atoms with Crippen molar-refractivity contribution in [2.75, 3.05) is 0 Å². The predicted octanol–water partition coefficient (Wildman–Crippen LogP) is -0.198. The highest BCUT2D eigenvalue weighted by Crippen LogP contribution is 2.66. The molecule has 5 atom stereocenters. The summed E-state index contributed by atoms with van der Waals surface area (Å²) >= 11 is 0. The first-order valence-electron chi connectivity index (χ1n) is 6.03. The van der Waals surface area contributed by atoms with Gasteiger partial charge in [-0.25, -0.2) is 0 Å². The molecule has 0 amide bonds. The molecular formula is C12H10O6. The van der Waals surface area contributed by atoms with E-state index in [4.69, 9.17) is 0 Å². The highest BCUT2D eigenvalue weighted by molar-refractivity contribution is 6.02. The van der Waals surface area contributed by atoms with Crippen molar-refractivity contribution in [3.05, 3.63) is 0 Å². The Morgan fingerprint density at radius 1 is 1.00 bits per heavy atom. The number of esters is 4.